The van der Waals surface area contributed by atoms with E-state index >= 15 is 0 Å². The van der Waals surface area contributed by atoms with E-state index < -0.39 is 0 Å². The van der Waals surface area contributed by atoms with Crippen LogP contribution in [-0.2, 0) is 7.05 Å². The Hall–Kier alpha value is -2.32. The molecule has 0 bridgehead atoms. The van der Waals surface area contributed by atoms with E-state index in [1.165, 1.54) is 11.8 Å². The maximum Gasteiger partial charge on any atom is 0.192 e. The lowest BCUT2D eigenvalue weighted by Crippen LogP contribution is -2.24. The standard InChI is InChI=1S/C19H16BrN3O3S/c1-23-18(17-10-25-15-4-2-3-5-16(15)26-17)21-22-19(23)27-11-14(24)12-6-8-13(20)9-7-12/h2-9,17H,10-11H2,1H3. The third-order valence-electron chi connectivity index (χ3n) is 4.16. The third-order valence-corrected chi connectivity index (χ3v) is 5.71. The SMILES string of the molecule is Cn1c(SCC(=O)c2ccc(Br)cc2)nnc1C1COc2ccccc2O1. The molecule has 0 aliphatic carbocycles. The van der Waals surface area contributed by atoms with Gasteiger partial charge in [0.1, 0.15) is 6.61 Å². The van der Waals surface area contributed by atoms with E-state index in [0.29, 0.717) is 34.7 Å². The molecule has 1 unspecified atom stereocenters. The maximum atomic E-state index is 12.3. The van der Waals surface area contributed by atoms with E-state index in [1.54, 1.807) is 12.1 Å². The number of hydrogen-bond donors (Lipinski definition) is 0. The second-order valence-corrected chi connectivity index (χ2v) is 7.84. The van der Waals surface area contributed by atoms with Gasteiger partial charge in [0.15, 0.2) is 34.4 Å². The summed E-state index contributed by atoms with van der Waals surface area (Å²) in [5.41, 5.74) is 0.675. The minimum absolute atomic E-state index is 0.0447. The summed E-state index contributed by atoms with van der Waals surface area (Å²) in [5.74, 6) is 2.42. The number of thioether (sulfide) groups is 1. The third kappa shape index (κ3) is 3.86. The first-order chi connectivity index (χ1) is 13.1. The summed E-state index contributed by atoms with van der Waals surface area (Å²) >= 11 is 4.73. The molecule has 0 saturated carbocycles. The number of Topliss-reactive ketones (excluding diaryl/α,β-unsaturated/α-hetero) is 1. The summed E-state index contributed by atoms with van der Waals surface area (Å²) in [6.45, 7) is 0.367. The minimum atomic E-state index is -0.339. The van der Waals surface area contributed by atoms with Gasteiger partial charge in [0.25, 0.3) is 0 Å². The van der Waals surface area contributed by atoms with Crippen molar-refractivity contribution in [2.24, 2.45) is 7.05 Å². The second kappa shape index (κ2) is 7.74. The van der Waals surface area contributed by atoms with Crippen LogP contribution in [0, 0.1) is 0 Å². The van der Waals surface area contributed by atoms with Crippen LogP contribution in [0.25, 0.3) is 0 Å². The first-order valence-corrected chi connectivity index (χ1v) is 10.1. The van der Waals surface area contributed by atoms with Gasteiger partial charge in [-0.1, -0.05) is 52.0 Å². The molecule has 4 rings (SSSR count). The van der Waals surface area contributed by atoms with Crippen molar-refractivity contribution in [1.29, 1.82) is 0 Å². The summed E-state index contributed by atoms with van der Waals surface area (Å²) in [5, 5.41) is 9.12. The molecule has 1 aliphatic heterocycles. The Labute approximate surface area is 169 Å². The van der Waals surface area contributed by atoms with Crippen LogP contribution < -0.4 is 9.47 Å². The van der Waals surface area contributed by atoms with Crippen LogP contribution in [0.15, 0.2) is 58.2 Å². The van der Waals surface area contributed by atoms with Gasteiger partial charge < -0.3 is 14.0 Å². The number of ketones is 1. The molecule has 27 heavy (non-hydrogen) atoms. The smallest absolute Gasteiger partial charge is 0.192 e. The summed E-state index contributed by atoms with van der Waals surface area (Å²) in [7, 11) is 1.87. The zero-order chi connectivity index (χ0) is 18.8. The highest BCUT2D eigenvalue weighted by Crippen LogP contribution is 2.35. The van der Waals surface area contributed by atoms with Gasteiger partial charge in [-0.05, 0) is 24.3 Å². The number of rotatable bonds is 5. The number of para-hydroxylation sites is 2. The average molecular weight is 446 g/mol. The normalized spacial score (nSPS) is 15.6. The number of carbonyl (C=O) groups excluding carboxylic acids is 1. The second-order valence-electron chi connectivity index (χ2n) is 5.98. The lowest BCUT2D eigenvalue weighted by molar-refractivity contribution is 0.0825. The van der Waals surface area contributed by atoms with Crippen LogP contribution >= 0.6 is 27.7 Å². The Morgan fingerprint density at radius 2 is 1.93 bits per heavy atom. The Balaban J connectivity index is 1.43. The zero-order valence-electron chi connectivity index (χ0n) is 14.5. The fourth-order valence-corrected chi connectivity index (χ4v) is 3.81. The van der Waals surface area contributed by atoms with Crippen molar-refractivity contribution in [3.63, 3.8) is 0 Å². The van der Waals surface area contributed by atoms with Gasteiger partial charge in [0.05, 0.1) is 5.75 Å². The van der Waals surface area contributed by atoms with Crippen LogP contribution in [0.1, 0.15) is 22.3 Å². The summed E-state index contributed by atoms with van der Waals surface area (Å²) < 4.78 is 14.5. The molecule has 8 heteroatoms. The number of aromatic nitrogens is 3. The topological polar surface area (TPSA) is 66.2 Å². The molecule has 6 nitrogen and oxygen atoms in total. The molecule has 2 heterocycles. The predicted octanol–water partition coefficient (Wildman–Crippen LogP) is 4.07. The quantitative estimate of drug-likeness (QED) is 0.435. The number of nitrogens with zero attached hydrogens (tertiary/aromatic N) is 3. The Kier molecular flexibility index (Phi) is 5.18. The highest BCUT2D eigenvalue weighted by Gasteiger charge is 2.27. The van der Waals surface area contributed by atoms with Crippen molar-refractivity contribution in [2.75, 3.05) is 12.4 Å². The van der Waals surface area contributed by atoms with Crippen LogP contribution in [-0.4, -0.2) is 32.9 Å². The van der Waals surface area contributed by atoms with Crippen LogP contribution in [0.2, 0.25) is 0 Å². The van der Waals surface area contributed by atoms with Gasteiger partial charge in [0.2, 0.25) is 0 Å². The van der Waals surface area contributed by atoms with E-state index in [-0.39, 0.29) is 11.9 Å². The van der Waals surface area contributed by atoms with Gasteiger partial charge in [-0.2, -0.15) is 0 Å². The van der Waals surface area contributed by atoms with Crippen molar-refractivity contribution in [2.45, 2.75) is 11.3 Å². The van der Waals surface area contributed by atoms with Crippen molar-refractivity contribution < 1.29 is 14.3 Å². The Morgan fingerprint density at radius 1 is 1.19 bits per heavy atom. The molecule has 1 aromatic heterocycles. The van der Waals surface area contributed by atoms with Crippen LogP contribution in [0.4, 0.5) is 0 Å². The minimum Gasteiger partial charge on any atom is -0.485 e. The molecule has 138 valence electrons. The maximum absolute atomic E-state index is 12.3. The Bertz CT molecular complexity index is 975. The molecule has 2 aromatic carbocycles. The lowest BCUT2D eigenvalue weighted by Gasteiger charge is -2.25. The molecule has 0 saturated heterocycles. The summed E-state index contributed by atoms with van der Waals surface area (Å²) in [4.78, 5) is 12.3. The number of carbonyl (C=O) groups is 1. The van der Waals surface area contributed by atoms with Gasteiger partial charge in [0, 0.05) is 17.1 Å². The molecule has 0 amide bonds. The summed E-state index contributed by atoms with van der Waals surface area (Å²) in [6.07, 6.45) is -0.339. The summed E-state index contributed by atoms with van der Waals surface area (Å²) in [6, 6.07) is 14.9. The zero-order valence-corrected chi connectivity index (χ0v) is 16.9. The molecule has 0 radical (unpaired) electrons. The lowest BCUT2D eigenvalue weighted by atomic mass is 10.2. The van der Waals surface area contributed by atoms with Crippen molar-refractivity contribution in [3.8, 4) is 11.5 Å². The molecule has 3 aromatic rings. The largest absolute Gasteiger partial charge is 0.485 e. The monoisotopic (exact) mass is 445 g/mol. The van der Waals surface area contributed by atoms with Gasteiger partial charge in [-0.15, -0.1) is 10.2 Å². The number of ether oxygens (including phenoxy) is 2. The fraction of sp³-hybridized carbons (Fsp3) is 0.211. The first kappa shape index (κ1) is 18.1. The average Bonchev–Trinajstić information content (AvgIpc) is 3.06. The number of halogens is 1. The number of hydrogen-bond acceptors (Lipinski definition) is 6. The first-order valence-electron chi connectivity index (χ1n) is 8.31. The molecule has 0 N–H and O–H groups in total. The van der Waals surface area contributed by atoms with Gasteiger partial charge in [-0.3, -0.25) is 4.79 Å². The van der Waals surface area contributed by atoms with Gasteiger partial charge >= 0.3 is 0 Å². The highest BCUT2D eigenvalue weighted by atomic mass is 79.9. The van der Waals surface area contributed by atoms with E-state index in [1.807, 2.05) is 48.0 Å². The highest BCUT2D eigenvalue weighted by molar-refractivity contribution is 9.10. The van der Waals surface area contributed by atoms with E-state index in [2.05, 4.69) is 26.1 Å². The van der Waals surface area contributed by atoms with E-state index in [4.69, 9.17) is 9.47 Å². The predicted molar refractivity (Wildman–Crippen MR) is 106 cm³/mol. The molecule has 1 aliphatic rings. The molecule has 0 spiro atoms. The molecular formula is C19H16BrN3O3S. The number of benzene rings is 2. The van der Waals surface area contributed by atoms with Gasteiger partial charge in [-0.25, -0.2) is 0 Å². The number of fused-ring (bicyclic) bond motifs is 1. The molecule has 1 atom stereocenters. The Morgan fingerprint density at radius 3 is 2.70 bits per heavy atom. The van der Waals surface area contributed by atoms with E-state index in [0.717, 1.165) is 10.2 Å². The van der Waals surface area contributed by atoms with Crippen molar-refractivity contribution >= 4 is 33.5 Å². The van der Waals surface area contributed by atoms with Crippen molar-refractivity contribution in [3.05, 3.63) is 64.4 Å². The van der Waals surface area contributed by atoms with Crippen LogP contribution in [0.5, 0.6) is 11.5 Å². The van der Waals surface area contributed by atoms with Crippen LogP contribution in [0.3, 0.4) is 0 Å². The van der Waals surface area contributed by atoms with Crippen molar-refractivity contribution in [1.82, 2.24) is 14.8 Å². The molecule has 0 fully saturated rings. The van der Waals surface area contributed by atoms with E-state index in [9.17, 15) is 4.79 Å². The fourth-order valence-electron chi connectivity index (χ4n) is 2.73. The molecular weight excluding hydrogens is 430 g/mol.